The minimum atomic E-state index is -0.836. The second kappa shape index (κ2) is 7.20. The summed E-state index contributed by atoms with van der Waals surface area (Å²) >= 11 is 0. The highest BCUT2D eigenvalue weighted by atomic mass is 19.1. The highest BCUT2D eigenvalue weighted by Gasteiger charge is 2.20. The van der Waals surface area contributed by atoms with Gasteiger partial charge >= 0.3 is 0 Å². The molecule has 0 radical (unpaired) electrons. The molecule has 0 spiro atoms. The van der Waals surface area contributed by atoms with Crippen LogP contribution in [0.1, 0.15) is 21.5 Å². The van der Waals surface area contributed by atoms with Crippen LogP contribution in [0, 0.1) is 17.3 Å². The predicted octanol–water partition coefficient (Wildman–Crippen LogP) is 2.70. The first kappa shape index (κ1) is 18.4. The molecule has 2 aromatic carbocycles. The monoisotopic (exact) mass is 389 g/mol. The van der Waals surface area contributed by atoms with E-state index in [1.807, 2.05) is 12.1 Å². The normalized spacial score (nSPS) is 12.7. The fourth-order valence-electron chi connectivity index (χ4n) is 3.34. The number of nitriles is 1. The zero-order valence-electron chi connectivity index (χ0n) is 15.5. The van der Waals surface area contributed by atoms with E-state index in [1.54, 1.807) is 24.3 Å². The number of nitrogen functional groups attached to an aromatic ring is 1. The number of amides is 1. The Labute approximate surface area is 166 Å². The van der Waals surface area contributed by atoms with Gasteiger partial charge in [0.1, 0.15) is 23.2 Å². The molecular formula is C21H16FN5O2. The van der Waals surface area contributed by atoms with Gasteiger partial charge in [-0.1, -0.05) is 6.07 Å². The van der Waals surface area contributed by atoms with Gasteiger partial charge < -0.3 is 15.8 Å². The first-order valence-corrected chi connectivity index (χ1v) is 8.85. The van der Waals surface area contributed by atoms with E-state index in [4.69, 9.17) is 10.5 Å². The maximum atomic E-state index is 14.6. The summed E-state index contributed by atoms with van der Waals surface area (Å²) in [5, 5.41) is 12.1. The number of aromatic nitrogens is 2. The van der Waals surface area contributed by atoms with E-state index in [0.29, 0.717) is 41.1 Å². The average Bonchev–Trinajstić information content (AvgIpc) is 2.73. The number of hydrogen-bond acceptors (Lipinski definition) is 6. The Morgan fingerprint density at radius 3 is 2.69 bits per heavy atom. The van der Waals surface area contributed by atoms with E-state index in [0.717, 1.165) is 5.56 Å². The molecule has 4 rings (SSSR count). The largest absolute Gasteiger partial charge is 0.495 e. The Kier molecular flexibility index (Phi) is 4.56. The Morgan fingerprint density at radius 1 is 1.17 bits per heavy atom. The highest BCUT2D eigenvalue weighted by molar-refractivity contribution is 5.97. The Hall–Kier alpha value is -3.99. The lowest BCUT2D eigenvalue weighted by molar-refractivity contribution is 0.0946. The van der Waals surface area contributed by atoms with E-state index in [9.17, 15) is 14.4 Å². The second-order valence-corrected chi connectivity index (χ2v) is 6.50. The molecule has 2 heterocycles. The number of rotatable bonds is 3. The fraction of sp³-hybridized carbons (Fsp3) is 0.143. The van der Waals surface area contributed by atoms with Gasteiger partial charge in [0.15, 0.2) is 5.82 Å². The first-order chi connectivity index (χ1) is 14.0. The molecule has 0 aliphatic carbocycles. The molecule has 1 aliphatic rings. The van der Waals surface area contributed by atoms with Crippen molar-refractivity contribution in [1.29, 1.82) is 5.26 Å². The van der Waals surface area contributed by atoms with Gasteiger partial charge in [-0.05, 0) is 42.3 Å². The molecule has 0 atom stereocenters. The molecule has 0 saturated carbocycles. The topological polar surface area (TPSA) is 114 Å². The number of ether oxygens (including phenoxy) is 1. The summed E-state index contributed by atoms with van der Waals surface area (Å²) in [7, 11) is 1.45. The zero-order valence-corrected chi connectivity index (χ0v) is 15.5. The fourth-order valence-corrected chi connectivity index (χ4v) is 3.34. The van der Waals surface area contributed by atoms with Crippen LogP contribution in [0.5, 0.6) is 5.75 Å². The van der Waals surface area contributed by atoms with Crippen LogP contribution < -0.4 is 15.8 Å². The number of nitrogens with zero attached hydrogens (tertiary/aromatic N) is 3. The van der Waals surface area contributed by atoms with Crippen LogP contribution in [0.3, 0.4) is 0 Å². The Balaban J connectivity index is 1.83. The van der Waals surface area contributed by atoms with Crippen molar-refractivity contribution in [3.05, 3.63) is 59.0 Å². The third-order valence-electron chi connectivity index (χ3n) is 4.78. The predicted molar refractivity (Wildman–Crippen MR) is 105 cm³/mol. The van der Waals surface area contributed by atoms with Gasteiger partial charge in [-0.3, -0.25) is 4.79 Å². The van der Waals surface area contributed by atoms with Crippen molar-refractivity contribution >= 4 is 11.7 Å². The summed E-state index contributed by atoms with van der Waals surface area (Å²) < 4.78 is 19.7. The van der Waals surface area contributed by atoms with E-state index in [1.165, 1.54) is 13.2 Å². The lowest BCUT2D eigenvalue weighted by Crippen LogP contribution is -2.31. The molecule has 3 N–H and O–H groups in total. The summed E-state index contributed by atoms with van der Waals surface area (Å²) in [5.41, 5.74) is 8.97. The molecule has 1 aliphatic heterocycles. The third kappa shape index (κ3) is 3.23. The van der Waals surface area contributed by atoms with Crippen LogP contribution in [-0.4, -0.2) is 29.5 Å². The lowest BCUT2D eigenvalue weighted by Gasteiger charge is -2.17. The lowest BCUT2D eigenvalue weighted by atomic mass is 9.96. The van der Waals surface area contributed by atoms with Crippen molar-refractivity contribution in [3.8, 4) is 34.3 Å². The molecule has 3 aromatic rings. The van der Waals surface area contributed by atoms with Crippen molar-refractivity contribution in [2.24, 2.45) is 0 Å². The van der Waals surface area contributed by atoms with E-state index < -0.39 is 5.95 Å². The van der Waals surface area contributed by atoms with Gasteiger partial charge in [-0.2, -0.15) is 14.6 Å². The maximum Gasteiger partial charge on any atom is 0.251 e. The summed E-state index contributed by atoms with van der Waals surface area (Å²) in [6, 6.07) is 11.9. The molecule has 7 nitrogen and oxygen atoms in total. The van der Waals surface area contributed by atoms with E-state index >= 15 is 0 Å². The van der Waals surface area contributed by atoms with Crippen LogP contribution in [0.15, 0.2) is 36.4 Å². The number of carbonyl (C=O) groups is 1. The molecule has 1 amide bonds. The first-order valence-electron chi connectivity index (χ1n) is 8.85. The molecule has 0 unspecified atom stereocenters. The highest BCUT2D eigenvalue weighted by Crippen LogP contribution is 2.31. The van der Waals surface area contributed by atoms with Crippen LogP contribution in [0.4, 0.5) is 10.2 Å². The Bertz CT molecular complexity index is 1190. The van der Waals surface area contributed by atoms with Crippen molar-refractivity contribution in [2.45, 2.75) is 6.42 Å². The molecular weight excluding hydrogens is 373 g/mol. The SMILES string of the molecule is COc1ccc(-c2nc(-c3ccc4c(c3)CCNC4=O)c(N)nc2F)cc1C#N. The minimum absolute atomic E-state index is 0.0242. The number of hydrogen-bond donors (Lipinski definition) is 2. The van der Waals surface area contributed by atoms with Crippen LogP contribution in [-0.2, 0) is 6.42 Å². The number of anilines is 1. The van der Waals surface area contributed by atoms with Crippen molar-refractivity contribution in [1.82, 2.24) is 15.3 Å². The van der Waals surface area contributed by atoms with Gasteiger partial charge in [0.2, 0.25) is 5.95 Å². The van der Waals surface area contributed by atoms with Gasteiger partial charge in [-0.25, -0.2) is 4.98 Å². The molecule has 8 heteroatoms. The summed E-state index contributed by atoms with van der Waals surface area (Å²) in [6.45, 7) is 0.550. The molecule has 0 fully saturated rings. The average molecular weight is 389 g/mol. The summed E-state index contributed by atoms with van der Waals surface area (Å²) in [4.78, 5) is 20.2. The molecule has 0 saturated heterocycles. The number of benzene rings is 2. The molecule has 29 heavy (non-hydrogen) atoms. The Morgan fingerprint density at radius 2 is 1.93 bits per heavy atom. The van der Waals surface area contributed by atoms with E-state index in [2.05, 4.69) is 15.3 Å². The van der Waals surface area contributed by atoms with Gasteiger partial charge in [0.25, 0.3) is 5.91 Å². The summed E-state index contributed by atoms with van der Waals surface area (Å²) in [5.74, 6) is -0.634. The summed E-state index contributed by atoms with van der Waals surface area (Å²) in [6.07, 6.45) is 0.681. The number of carbonyl (C=O) groups excluding carboxylic acids is 1. The van der Waals surface area contributed by atoms with Crippen LogP contribution in [0.2, 0.25) is 0 Å². The smallest absolute Gasteiger partial charge is 0.251 e. The number of nitrogens with two attached hydrogens (primary N) is 1. The van der Waals surface area contributed by atoms with Crippen molar-refractivity contribution in [3.63, 3.8) is 0 Å². The van der Waals surface area contributed by atoms with Crippen molar-refractivity contribution in [2.75, 3.05) is 19.4 Å². The zero-order chi connectivity index (χ0) is 20.5. The van der Waals surface area contributed by atoms with Gasteiger partial charge in [0, 0.05) is 23.2 Å². The number of halogens is 1. The molecule has 0 bridgehead atoms. The van der Waals surface area contributed by atoms with Gasteiger partial charge in [0.05, 0.1) is 12.7 Å². The number of fused-ring (bicyclic) bond motifs is 1. The minimum Gasteiger partial charge on any atom is -0.495 e. The number of methoxy groups -OCH3 is 1. The third-order valence-corrected chi connectivity index (χ3v) is 4.78. The van der Waals surface area contributed by atoms with Crippen molar-refractivity contribution < 1.29 is 13.9 Å². The standard InChI is InChI=1S/C21H16FN5O2/c1-29-16-5-3-12(9-14(16)10-23)17-19(22)27-20(24)18(26-17)13-2-4-15-11(8-13)6-7-25-21(15)28/h2-5,8-9H,6-7H2,1H3,(H2,24,27)(H,25,28). The van der Waals surface area contributed by atoms with Gasteiger partial charge in [-0.15, -0.1) is 0 Å². The second-order valence-electron chi connectivity index (χ2n) is 6.50. The molecule has 144 valence electrons. The number of nitrogens with one attached hydrogen (secondary N) is 1. The molecule has 1 aromatic heterocycles. The maximum absolute atomic E-state index is 14.6. The van der Waals surface area contributed by atoms with Crippen LogP contribution >= 0.6 is 0 Å². The van der Waals surface area contributed by atoms with E-state index in [-0.39, 0.29) is 23.0 Å². The van der Waals surface area contributed by atoms with Crippen LogP contribution in [0.25, 0.3) is 22.5 Å². The quantitative estimate of drug-likeness (QED) is 0.712.